The molecule has 0 radical (unpaired) electrons. The monoisotopic (exact) mass is 453 g/mol. The third-order valence-electron chi connectivity index (χ3n) is 4.32. The highest BCUT2D eigenvalue weighted by atomic mass is 35.5. The zero-order valence-corrected chi connectivity index (χ0v) is 17.9. The summed E-state index contributed by atoms with van der Waals surface area (Å²) in [6.07, 6.45) is 0.311. The maximum Gasteiger partial charge on any atom is 0.280 e. The summed E-state index contributed by atoms with van der Waals surface area (Å²) in [5.41, 5.74) is 3.35. The first kappa shape index (κ1) is 22.8. The number of carbonyl (C=O) groups excluding carboxylic acids is 1. The van der Waals surface area contributed by atoms with Gasteiger partial charge >= 0.3 is 0 Å². The first-order valence-electron chi connectivity index (χ1n) is 9.62. The Kier molecular flexibility index (Phi) is 7.77. The number of halogens is 1. The molecule has 8 nitrogen and oxygen atoms in total. The van der Waals surface area contributed by atoms with E-state index >= 15 is 0 Å². The van der Waals surface area contributed by atoms with E-state index in [-0.39, 0.29) is 11.3 Å². The van der Waals surface area contributed by atoms with E-state index in [1.54, 1.807) is 31.2 Å². The topological polar surface area (TPSA) is 103 Å². The molecule has 1 amide bonds. The van der Waals surface area contributed by atoms with E-state index in [1.165, 1.54) is 18.2 Å². The van der Waals surface area contributed by atoms with E-state index in [4.69, 9.17) is 21.1 Å². The number of nitrogens with one attached hydrogen (secondary N) is 1. The molecule has 1 N–H and O–H groups in total. The highest BCUT2D eigenvalue weighted by Gasteiger charge is 2.15. The van der Waals surface area contributed by atoms with Gasteiger partial charge in [0.25, 0.3) is 11.6 Å². The summed E-state index contributed by atoms with van der Waals surface area (Å²) in [6, 6.07) is 20.7. The van der Waals surface area contributed by atoms with Gasteiger partial charge in [-0.15, -0.1) is 0 Å². The second-order valence-corrected chi connectivity index (χ2v) is 7.14. The molecule has 0 aliphatic heterocycles. The van der Waals surface area contributed by atoms with Crippen molar-refractivity contribution in [3.63, 3.8) is 0 Å². The molecule has 0 saturated heterocycles. The van der Waals surface area contributed by atoms with Gasteiger partial charge in [0, 0.05) is 11.1 Å². The van der Waals surface area contributed by atoms with Crippen molar-refractivity contribution >= 4 is 29.4 Å². The Morgan fingerprint density at radius 2 is 1.81 bits per heavy atom. The summed E-state index contributed by atoms with van der Waals surface area (Å²) in [7, 11) is 0. The van der Waals surface area contributed by atoms with Gasteiger partial charge in [0.2, 0.25) is 0 Å². The van der Waals surface area contributed by atoms with Crippen LogP contribution in [0.15, 0.2) is 77.9 Å². The molecule has 0 fully saturated rings. The number of amides is 1. The van der Waals surface area contributed by atoms with Crippen molar-refractivity contribution in [1.29, 1.82) is 0 Å². The fraction of sp³-hybridized carbons (Fsp3) is 0.130. The minimum Gasteiger partial charge on any atom is -0.489 e. The molecule has 3 rings (SSSR count). The van der Waals surface area contributed by atoms with Gasteiger partial charge in [-0.25, -0.2) is 5.43 Å². The van der Waals surface area contributed by atoms with Crippen LogP contribution in [0.25, 0.3) is 0 Å². The molecule has 9 heteroatoms. The molecule has 0 heterocycles. The lowest BCUT2D eigenvalue weighted by Gasteiger charge is -2.13. The van der Waals surface area contributed by atoms with Crippen molar-refractivity contribution < 1.29 is 19.2 Å². The number of hydrogen-bond donors (Lipinski definition) is 1. The highest BCUT2D eigenvalue weighted by Crippen LogP contribution is 2.21. The number of hydrazone groups is 1. The SMILES string of the molecule is CC(Oc1ccc(OCc2ccccc2)cc1)C(=O)NN=Cc1cc(Cl)ccc1[N+](=O)[O-]. The van der Waals surface area contributed by atoms with Crippen LogP contribution >= 0.6 is 11.6 Å². The van der Waals surface area contributed by atoms with Gasteiger partial charge in [-0.05, 0) is 48.9 Å². The Hall–Kier alpha value is -3.91. The van der Waals surface area contributed by atoms with Crippen LogP contribution in [0.4, 0.5) is 5.69 Å². The third kappa shape index (κ3) is 6.55. The Morgan fingerprint density at radius 3 is 2.50 bits per heavy atom. The average molecular weight is 454 g/mol. The number of hydrogen-bond acceptors (Lipinski definition) is 6. The summed E-state index contributed by atoms with van der Waals surface area (Å²) < 4.78 is 11.3. The van der Waals surface area contributed by atoms with Gasteiger partial charge in [0.15, 0.2) is 6.10 Å². The molecule has 0 aliphatic rings. The quantitative estimate of drug-likeness (QED) is 0.286. The molecule has 0 aromatic heterocycles. The second kappa shape index (κ2) is 10.9. The zero-order chi connectivity index (χ0) is 22.9. The number of ether oxygens (including phenoxy) is 2. The van der Waals surface area contributed by atoms with Crippen molar-refractivity contribution in [3.8, 4) is 11.5 Å². The molecule has 3 aromatic carbocycles. The maximum atomic E-state index is 12.2. The number of nitrogens with zero attached hydrogens (tertiary/aromatic N) is 2. The van der Waals surface area contributed by atoms with Crippen LogP contribution in [-0.4, -0.2) is 23.1 Å². The summed E-state index contributed by atoms with van der Waals surface area (Å²) in [6.45, 7) is 2.01. The van der Waals surface area contributed by atoms with Crippen molar-refractivity contribution in [2.45, 2.75) is 19.6 Å². The lowest BCUT2D eigenvalue weighted by molar-refractivity contribution is -0.385. The van der Waals surface area contributed by atoms with Crippen LogP contribution in [0.5, 0.6) is 11.5 Å². The van der Waals surface area contributed by atoms with E-state index in [2.05, 4.69) is 10.5 Å². The molecule has 3 aromatic rings. The lowest BCUT2D eigenvalue weighted by Crippen LogP contribution is -2.33. The number of nitro groups is 1. The first-order chi connectivity index (χ1) is 15.4. The van der Waals surface area contributed by atoms with Gasteiger partial charge in [-0.1, -0.05) is 41.9 Å². The predicted molar refractivity (Wildman–Crippen MR) is 121 cm³/mol. The third-order valence-corrected chi connectivity index (χ3v) is 4.55. The minimum absolute atomic E-state index is 0.169. The molecule has 164 valence electrons. The molecular weight excluding hydrogens is 434 g/mol. The fourth-order valence-electron chi connectivity index (χ4n) is 2.66. The van der Waals surface area contributed by atoms with E-state index in [1.807, 2.05) is 30.3 Å². The lowest BCUT2D eigenvalue weighted by atomic mass is 10.2. The normalized spacial score (nSPS) is 11.7. The minimum atomic E-state index is -0.849. The predicted octanol–water partition coefficient (Wildman–Crippen LogP) is 4.74. The van der Waals surface area contributed by atoms with E-state index in [9.17, 15) is 14.9 Å². The maximum absolute atomic E-state index is 12.2. The smallest absolute Gasteiger partial charge is 0.280 e. The standard InChI is InChI=1S/C23H20ClN3O5/c1-16(23(28)26-25-14-18-13-19(24)7-12-22(18)27(29)30)32-21-10-8-20(9-11-21)31-15-17-5-3-2-4-6-17/h2-14,16H,15H2,1H3,(H,26,28). The molecule has 1 atom stereocenters. The molecule has 0 saturated carbocycles. The van der Waals surface area contributed by atoms with Gasteiger partial charge < -0.3 is 9.47 Å². The Bertz CT molecular complexity index is 1100. The molecule has 0 bridgehead atoms. The first-order valence-corrected chi connectivity index (χ1v) is 10.0. The largest absolute Gasteiger partial charge is 0.489 e. The van der Waals surface area contributed by atoms with Crippen molar-refractivity contribution in [3.05, 3.63) is 99.1 Å². The summed E-state index contributed by atoms with van der Waals surface area (Å²) in [5.74, 6) is 0.635. The van der Waals surface area contributed by atoms with E-state index < -0.39 is 16.9 Å². The summed E-state index contributed by atoms with van der Waals surface area (Å²) in [5, 5.41) is 15.1. The molecule has 1 unspecified atom stereocenters. The molecule has 0 aliphatic carbocycles. The van der Waals surface area contributed by atoms with Crippen LogP contribution in [0.3, 0.4) is 0 Å². The van der Waals surface area contributed by atoms with Crippen molar-refractivity contribution in [2.24, 2.45) is 5.10 Å². The Morgan fingerprint density at radius 1 is 1.12 bits per heavy atom. The zero-order valence-electron chi connectivity index (χ0n) is 17.1. The number of nitro benzene ring substituents is 1. The molecule has 32 heavy (non-hydrogen) atoms. The highest BCUT2D eigenvalue weighted by molar-refractivity contribution is 6.31. The number of rotatable bonds is 9. The van der Waals surface area contributed by atoms with Crippen molar-refractivity contribution in [1.82, 2.24) is 5.43 Å². The number of carbonyl (C=O) groups is 1. The Labute approximate surface area is 189 Å². The van der Waals surface area contributed by atoms with Crippen LogP contribution in [-0.2, 0) is 11.4 Å². The number of benzene rings is 3. The van der Waals surface area contributed by atoms with Crippen molar-refractivity contribution in [2.75, 3.05) is 0 Å². The van der Waals surface area contributed by atoms with Crippen LogP contribution < -0.4 is 14.9 Å². The van der Waals surface area contributed by atoms with Crippen LogP contribution in [0.2, 0.25) is 5.02 Å². The van der Waals surface area contributed by atoms with Crippen LogP contribution in [0.1, 0.15) is 18.1 Å². The Balaban J connectivity index is 1.51. The van der Waals surface area contributed by atoms with Gasteiger partial charge in [0.1, 0.15) is 18.1 Å². The van der Waals surface area contributed by atoms with E-state index in [0.717, 1.165) is 11.8 Å². The summed E-state index contributed by atoms with van der Waals surface area (Å²) >= 11 is 5.87. The van der Waals surface area contributed by atoms with Gasteiger partial charge in [0.05, 0.1) is 16.7 Å². The summed E-state index contributed by atoms with van der Waals surface area (Å²) in [4.78, 5) is 22.7. The van der Waals surface area contributed by atoms with Gasteiger partial charge in [-0.3, -0.25) is 14.9 Å². The average Bonchev–Trinajstić information content (AvgIpc) is 2.79. The second-order valence-electron chi connectivity index (χ2n) is 6.70. The molecule has 0 spiro atoms. The molecular formula is C23H20ClN3O5. The van der Waals surface area contributed by atoms with Gasteiger partial charge in [-0.2, -0.15) is 5.10 Å². The fourth-order valence-corrected chi connectivity index (χ4v) is 2.84. The van der Waals surface area contributed by atoms with Crippen LogP contribution in [0, 0.1) is 10.1 Å². The van der Waals surface area contributed by atoms with E-state index in [0.29, 0.717) is 23.1 Å².